The van der Waals surface area contributed by atoms with Crippen molar-refractivity contribution >= 4 is 11.6 Å². The fourth-order valence-corrected chi connectivity index (χ4v) is 4.23. The molecule has 0 atom stereocenters. The van der Waals surface area contributed by atoms with Crippen molar-refractivity contribution in [3.8, 4) is 28.3 Å². The molecule has 5 rings (SSSR count). The summed E-state index contributed by atoms with van der Waals surface area (Å²) < 4.78 is 33.3. The van der Waals surface area contributed by atoms with E-state index in [4.69, 9.17) is 10.1 Å². The van der Waals surface area contributed by atoms with Gasteiger partial charge in [0.2, 0.25) is 5.95 Å². The summed E-state index contributed by atoms with van der Waals surface area (Å²) in [6.45, 7) is -1.19. The van der Waals surface area contributed by atoms with Gasteiger partial charge in [-0.2, -0.15) is 19.0 Å². The Morgan fingerprint density at radius 2 is 1.94 bits per heavy atom. The highest BCUT2D eigenvalue weighted by Gasteiger charge is 2.27. The van der Waals surface area contributed by atoms with Crippen LogP contribution in [0.1, 0.15) is 11.3 Å². The highest BCUT2D eigenvalue weighted by atomic mass is 19.3. The molecule has 0 fully saturated rings. The number of halogens is 2. The van der Waals surface area contributed by atoms with E-state index in [-0.39, 0.29) is 5.75 Å². The fourth-order valence-electron chi connectivity index (χ4n) is 4.23. The third kappa shape index (κ3) is 4.85. The molecule has 11 heteroatoms. The molecular formula is C24H26F2N8O. The zero-order valence-corrected chi connectivity index (χ0v) is 19.7. The standard InChI is InChI=1S/C24H26F2N8O/c1-32(2)10-11-34-14-17(13-28-34)29-24-27-12-16-6-9-19-20(21(16)30-24)22(33(3)31-19)15-4-7-18(8-5-15)35-23(25)26/h4-5,7-8,12-14,23H,6,9-11H2,1-3H3,(H,27,29,30). The summed E-state index contributed by atoms with van der Waals surface area (Å²) in [6, 6.07) is 6.58. The van der Waals surface area contributed by atoms with Crippen molar-refractivity contribution in [1.29, 1.82) is 0 Å². The maximum atomic E-state index is 12.6. The molecule has 0 saturated carbocycles. The number of rotatable bonds is 8. The minimum Gasteiger partial charge on any atom is -0.435 e. The van der Waals surface area contributed by atoms with Crippen molar-refractivity contribution in [2.24, 2.45) is 7.05 Å². The molecule has 0 spiro atoms. The van der Waals surface area contributed by atoms with Gasteiger partial charge in [0.05, 0.1) is 35.5 Å². The predicted octanol–water partition coefficient (Wildman–Crippen LogP) is 3.75. The number of aromatic nitrogens is 6. The lowest BCUT2D eigenvalue weighted by molar-refractivity contribution is -0.0498. The Bertz CT molecular complexity index is 1330. The van der Waals surface area contributed by atoms with Gasteiger partial charge in [0.15, 0.2) is 0 Å². The zero-order chi connectivity index (χ0) is 24.5. The van der Waals surface area contributed by atoms with E-state index in [9.17, 15) is 8.78 Å². The van der Waals surface area contributed by atoms with Gasteiger partial charge in [-0.05, 0) is 56.8 Å². The van der Waals surface area contributed by atoms with Crippen LogP contribution in [0.5, 0.6) is 5.75 Å². The molecule has 182 valence electrons. The lowest BCUT2D eigenvalue weighted by atomic mass is 9.91. The smallest absolute Gasteiger partial charge is 0.387 e. The molecule has 0 aliphatic heterocycles. The van der Waals surface area contributed by atoms with Crippen LogP contribution in [0.25, 0.3) is 22.5 Å². The minimum absolute atomic E-state index is 0.111. The van der Waals surface area contributed by atoms with E-state index >= 15 is 0 Å². The summed E-state index contributed by atoms with van der Waals surface area (Å²) in [5.41, 5.74) is 6.25. The van der Waals surface area contributed by atoms with Crippen molar-refractivity contribution in [3.63, 3.8) is 0 Å². The second kappa shape index (κ2) is 9.41. The largest absolute Gasteiger partial charge is 0.435 e. The summed E-state index contributed by atoms with van der Waals surface area (Å²) in [5.74, 6) is 0.583. The molecule has 0 saturated heterocycles. The minimum atomic E-state index is -2.86. The number of alkyl halides is 2. The summed E-state index contributed by atoms with van der Waals surface area (Å²) in [5, 5.41) is 12.4. The van der Waals surface area contributed by atoms with E-state index in [1.165, 1.54) is 12.1 Å². The van der Waals surface area contributed by atoms with Crippen molar-refractivity contribution in [3.05, 3.63) is 54.1 Å². The highest BCUT2D eigenvalue weighted by molar-refractivity contribution is 5.84. The van der Waals surface area contributed by atoms with Gasteiger partial charge in [-0.1, -0.05) is 0 Å². The quantitative estimate of drug-likeness (QED) is 0.411. The summed E-state index contributed by atoms with van der Waals surface area (Å²) in [6.07, 6.45) is 7.10. The molecule has 3 heterocycles. The highest BCUT2D eigenvalue weighted by Crippen LogP contribution is 2.40. The third-order valence-electron chi connectivity index (χ3n) is 5.87. The summed E-state index contributed by atoms with van der Waals surface area (Å²) in [4.78, 5) is 11.5. The van der Waals surface area contributed by atoms with E-state index in [2.05, 4.69) is 25.0 Å². The van der Waals surface area contributed by atoms with Gasteiger partial charge in [-0.25, -0.2) is 9.97 Å². The monoisotopic (exact) mass is 480 g/mol. The van der Waals surface area contributed by atoms with Crippen LogP contribution >= 0.6 is 0 Å². The van der Waals surface area contributed by atoms with Crippen molar-refractivity contribution in [1.82, 2.24) is 34.4 Å². The van der Waals surface area contributed by atoms with E-state index in [1.807, 2.05) is 42.9 Å². The first kappa shape index (κ1) is 22.9. The number of nitrogens with zero attached hydrogens (tertiary/aromatic N) is 7. The number of aryl methyl sites for hydroxylation is 3. The maximum absolute atomic E-state index is 12.6. The van der Waals surface area contributed by atoms with Crippen LogP contribution in [0, 0.1) is 0 Å². The molecule has 1 aromatic carbocycles. The van der Waals surface area contributed by atoms with Crippen LogP contribution in [0.15, 0.2) is 42.9 Å². The maximum Gasteiger partial charge on any atom is 0.387 e. The van der Waals surface area contributed by atoms with Crippen molar-refractivity contribution < 1.29 is 13.5 Å². The average Bonchev–Trinajstić information content (AvgIpc) is 3.41. The second-order valence-electron chi connectivity index (χ2n) is 8.68. The zero-order valence-electron chi connectivity index (χ0n) is 19.7. The number of likely N-dealkylation sites (N-methyl/N-ethyl adjacent to an activating group) is 1. The molecular weight excluding hydrogens is 454 g/mol. The predicted molar refractivity (Wildman–Crippen MR) is 128 cm³/mol. The van der Waals surface area contributed by atoms with E-state index in [1.54, 1.807) is 18.3 Å². The number of anilines is 2. The first-order valence-electron chi connectivity index (χ1n) is 11.3. The van der Waals surface area contributed by atoms with E-state index in [0.717, 1.165) is 65.4 Å². The fraction of sp³-hybridized carbons (Fsp3) is 0.333. The molecule has 1 aliphatic carbocycles. The van der Waals surface area contributed by atoms with Crippen molar-refractivity contribution in [2.45, 2.75) is 26.0 Å². The van der Waals surface area contributed by atoms with Crippen LogP contribution in [0.2, 0.25) is 0 Å². The Morgan fingerprint density at radius 3 is 2.69 bits per heavy atom. The summed E-state index contributed by atoms with van der Waals surface area (Å²) in [7, 11) is 5.92. The van der Waals surface area contributed by atoms with Gasteiger partial charge in [-0.3, -0.25) is 9.36 Å². The molecule has 4 aromatic rings. The third-order valence-corrected chi connectivity index (χ3v) is 5.87. The Labute approximate surface area is 201 Å². The van der Waals surface area contributed by atoms with Crippen LogP contribution < -0.4 is 10.1 Å². The first-order chi connectivity index (χ1) is 16.9. The SMILES string of the molecule is CN(C)CCn1cc(Nc2ncc3c(n2)-c2c(nn(C)c2-c2ccc(OC(F)F)cc2)CC3)cn1. The Morgan fingerprint density at radius 1 is 1.14 bits per heavy atom. The molecule has 1 N–H and O–H groups in total. The van der Waals surface area contributed by atoms with E-state index in [0.29, 0.717) is 5.95 Å². The van der Waals surface area contributed by atoms with Gasteiger partial charge in [0.1, 0.15) is 5.75 Å². The number of ether oxygens (including phenoxy) is 1. The molecule has 1 aliphatic rings. The Hall–Kier alpha value is -3.86. The van der Waals surface area contributed by atoms with Gasteiger partial charge >= 0.3 is 6.61 Å². The first-order valence-corrected chi connectivity index (χ1v) is 11.3. The Balaban J connectivity index is 1.45. The molecule has 0 radical (unpaired) electrons. The Kier molecular flexibility index (Phi) is 6.16. The van der Waals surface area contributed by atoms with E-state index < -0.39 is 6.61 Å². The number of hydrogen-bond acceptors (Lipinski definition) is 7. The molecule has 9 nitrogen and oxygen atoms in total. The topological polar surface area (TPSA) is 85.9 Å². The number of hydrogen-bond donors (Lipinski definition) is 1. The second-order valence-corrected chi connectivity index (χ2v) is 8.68. The van der Waals surface area contributed by atoms with Crippen molar-refractivity contribution in [2.75, 3.05) is 26.0 Å². The molecule has 0 unspecified atom stereocenters. The van der Waals surface area contributed by atoms with Crippen LogP contribution in [-0.2, 0) is 26.4 Å². The lowest BCUT2D eigenvalue weighted by Gasteiger charge is -2.17. The number of fused-ring (bicyclic) bond motifs is 3. The normalized spacial score (nSPS) is 12.7. The van der Waals surface area contributed by atoms with Gasteiger partial charge in [-0.15, -0.1) is 0 Å². The number of benzene rings is 1. The number of nitrogens with one attached hydrogen (secondary N) is 1. The molecule has 0 bridgehead atoms. The lowest BCUT2D eigenvalue weighted by Crippen LogP contribution is -2.18. The van der Waals surface area contributed by atoms with Crippen LogP contribution in [0.4, 0.5) is 20.4 Å². The molecule has 35 heavy (non-hydrogen) atoms. The van der Waals surface area contributed by atoms with Gasteiger partial charge in [0.25, 0.3) is 0 Å². The average molecular weight is 481 g/mol. The van der Waals surface area contributed by atoms with Crippen LogP contribution in [-0.4, -0.2) is 61.7 Å². The molecule has 0 amide bonds. The van der Waals surface area contributed by atoms with Gasteiger partial charge < -0.3 is 15.0 Å². The van der Waals surface area contributed by atoms with Gasteiger partial charge in [0, 0.05) is 37.1 Å². The van der Waals surface area contributed by atoms with Crippen LogP contribution in [0.3, 0.4) is 0 Å². The molecule has 3 aromatic heterocycles. The summed E-state index contributed by atoms with van der Waals surface area (Å²) >= 11 is 0.